The molecule has 1 heterocycles. The number of para-hydroxylation sites is 1. The minimum Gasteiger partial charge on any atom is -0.295 e. The molecule has 4 heteroatoms. The molecule has 104 valence electrons. The zero-order chi connectivity index (χ0) is 14.7. The van der Waals surface area contributed by atoms with Gasteiger partial charge in [0, 0.05) is 16.4 Å². The summed E-state index contributed by atoms with van der Waals surface area (Å²) < 4.78 is 0.794. The molecule has 2 nitrogen and oxygen atoms in total. The van der Waals surface area contributed by atoms with Crippen molar-refractivity contribution in [2.45, 2.75) is 0 Å². The van der Waals surface area contributed by atoms with Crippen LogP contribution in [0, 0.1) is 0 Å². The minimum atomic E-state index is 0.698. The number of halogens is 2. The first-order valence-corrected chi connectivity index (χ1v) is 7.64. The third kappa shape index (κ3) is 3.26. The number of benzene rings is 2. The van der Waals surface area contributed by atoms with Crippen LogP contribution in [0.1, 0.15) is 0 Å². The predicted molar refractivity (Wildman–Crippen MR) is 91.6 cm³/mol. The van der Waals surface area contributed by atoms with Gasteiger partial charge in [0.1, 0.15) is 10.4 Å². The zero-order valence-corrected chi connectivity index (χ0v) is 13.4. The van der Waals surface area contributed by atoms with E-state index < -0.39 is 0 Å². The molecule has 0 saturated heterocycles. The molecule has 1 aromatic heterocycles. The van der Waals surface area contributed by atoms with Crippen LogP contribution in [0.15, 0.2) is 77.4 Å². The van der Waals surface area contributed by atoms with Crippen LogP contribution >= 0.6 is 27.5 Å². The van der Waals surface area contributed by atoms with Gasteiger partial charge in [0.25, 0.3) is 0 Å². The van der Waals surface area contributed by atoms with Gasteiger partial charge in [-0.1, -0.05) is 41.9 Å². The van der Waals surface area contributed by atoms with E-state index in [0.29, 0.717) is 5.02 Å². The van der Waals surface area contributed by atoms with Gasteiger partial charge in [0.15, 0.2) is 0 Å². The van der Waals surface area contributed by atoms with E-state index in [-0.39, 0.29) is 0 Å². The van der Waals surface area contributed by atoms with Crippen molar-refractivity contribution in [1.82, 2.24) is 4.98 Å². The Hall–Kier alpha value is -1.84. The van der Waals surface area contributed by atoms with E-state index in [2.05, 4.69) is 25.8 Å². The predicted octanol–water partition coefficient (Wildman–Crippen LogP) is 5.97. The molecule has 0 aliphatic rings. The monoisotopic (exact) mass is 358 g/mol. The van der Waals surface area contributed by atoms with E-state index in [1.807, 2.05) is 72.8 Å². The highest BCUT2D eigenvalue weighted by Gasteiger charge is 2.13. The van der Waals surface area contributed by atoms with Crippen molar-refractivity contribution in [1.29, 1.82) is 0 Å². The molecule has 21 heavy (non-hydrogen) atoms. The minimum absolute atomic E-state index is 0.698. The van der Waals surface area contributed by atoms with Gasteiger partial charge in [-0.15, -0.1) is 0 Å². The molecule has 0 aliphatic heterocycles. The normalized spacial score (nSPS) is 10.4. The Kier molecular flexibility index (Phi) is 4.23. The summed E-state index contributed by atoms with van der Waals surface area (Å²) >= 11 is 9.56. The molecule has 0 atom stereocenters. The zero-order valence-electron chi connectivity index (χ0n) is 11.1. The Labute approximate surface area is 137 Å². The van der Waals surface area contributed by atoms with Gasteiger partial charge in [-0.05, 0) is 58.4 Å². The van der Waals surface area contributed by atoms with Crippen LogP contribution in [0.3, 0.4) is 0 Å². The van der Waals surface area contributed by atoms with Crippen molar-refractivity contribution in [3.8, 4) is 0 Å². The third-order valence-corrected chi connectivity index (χ3v) is 3.69. The number of rotatable bonds is 3. The topological polar surface area (TPSA) is 16.1 Å². The first kappa shape index (κ1) is 14.1. The summed E-state index contributed by atoms with van der Waals surface area (Å²) in [6.07, 6.45) is 0. The number of nitrogens with zero attached hydrogens (tertiary/aromatic N) is 2. The van der Waals surface area contributed by atoms with E-state index in [9.17, 15) is 0 Å². The van der Waals surface area contributed by atoms with Gasteiger partial charge in [-0.3, -0.25) is 4.90 Å². The molecule has 2 aromatic carbocycles. The fraction of sp³-hybridized carbons (Fsp3) is 0. The van der Waals surface area contributed by atoms with Crippen molar-refractivity contribution < 1.29 is 0 Å². The molecule has 0 saturated carbocycles. The summed E-state index contributed by atoms with van der Waals surface area (Å²) in [6, 6.07) is 23.7. The summed E-state index contributed by atoms with van der Waals surface area (Å²) in [5, 5.41) is 0.698. The SMILES string of the molecule is Clc1cccc(N(c2ccccc2)c2cccc(Br)n2)c1. The maximum atomic E-state index is 6.14. The Bertz CT molecular complexity index is 701. The molecular weight excluding hydrogens is 348 g/mol. The molecule has 0 unspecified atom stereocenters. The standard InChI is InChI=1S/C17H12BrClN2/c18-16-10-5-11-17(20-16)21(14-7-2-1-3-8-14)15-9-4-6-13(19)12-15/h1-12H. The maximum Gasteiger partial charge on any atom is 0.138 e. The van der Waals surface area contributed by atoms with Gasteiger partial charge in [0.05, 0.1) is 0 Å². The number of pyridine rings is 1. The second-order valence-electron chi connectivity index (χ2n) is 4.47. The van der Waals surface area contributed by atoms with Crippen LogP contribution in [-0.4, -0.2) is 4.98 Å². The van der Waals surface area contributed by atoms with Crippen LogP contribution < -0.4 is 4.90 Å². The van der Waals surface area contributed by atoms with Crippen LogP contribution in [0.5, 0.6) is 0 Å². The van der Waals surface area contributed by atoms with Crippen LogP contribution in [0.25, 0.3) is 0 Å². The van der Waals surface area contributed by atoms with Gasteiger partial charge < -0.3 is 0 Å². The Balaban J connectivity index is 2.16. The van der Waals surface area contributed by atoms with Crippen molar-refractivity contribution in [3.63, 3.8) is 0 Å². The fourth-order valence-electron chi connectivity index (χ4n) is 2.13. The quantitative estimate of drug-likeness (QED) is 0.536. The van der Waals surface area contributed by atoms with E-state index in [1.54, 1.807) is 0 Å². The molecule has 3 aromatic rings. The summed E-state index contributed by atoms with van der Waals surface area (Å²) in [7, 11) is 0. The van der Waals surface area contributed by atoms with Crippen LogP contribution in [0.2, 0.25) is 5.02 Å². The molecular formula is C17H12BrClN2. The lowest BCUT2D eigenvalue weighted by Crippen LogP contribution is -2.11. The van der Waals surface area contributed by atoms with Crippen LogP contribution in [0.4, 0.5) is 17.2 Å². The molecule has 0 spiro atoms. The fourth-order valence-corrected chi connectivity index (χ4v) is 2.65. The van der Waals surface area contributed by atoms with E-state index >= 15 is 0 Å². The van der Waals surface area contributed by atoms with Crippen molar-refractivity contribution in [3.05, 3.63) is 82.4 Å². The average Bonchev–Trinajstić information content (AvgIpc) is 2.49. The first-order valence-electron chi connectivity index (χ1n) is 6.47. The van der Waals surface area contributed by atoms with Gasteiger partial charge in [-0.25, -0.2) is 4.98 Å². The Morgan fingerprint density at radius 2 is 1.52 bits per heavy atom. The van der Waals surface area contributed by atoms with Crippen molar-refractivity contribution >= 4 is 44.7 Å². The molecule has 0 radical (unpaired) electrons. The molecule has 0 N–H and O–H groups in total. The summed E-state index contributed by atoms with van der Waals surface area (Å²) in [6.45, 7) is 0. The van der Waals surface area contributed by atoms with Crippen molar-refractivity contribution in [2.24, 2.45) is 0 Å². The van der Waals surface area contributed by atoms with E-state index in [0.717, 1.165) is 21.8 Å². The third-order valence-electron chi connectivity index (χ3n) is 3.01. The second-order valence-corrected chi connectivity index (χ2v) is 5.72. The number of anilines is 3. The highest BCUT2D eigenvalue weighted by Crippen LogP contribution is 2.34. The molecule has 0 aliphatic carbocycles. The first-order chi connectivity index (χ1) is 10.2. The van der Waals surface area contributed by atoms with Gasteiger partial charge in [-0.2, -0.15) is 0 Å². The Morgan fingerprint density at radius 3 is 2.24 bits per heavy atom. The maximum absolute atomic E-state index is 6.14. The number of hydrogen-bond donors (Lipinski definition) is 0. The van der Waals surface area contributed by atoms with E-state index in [1.165, 1.54) is 0 Å². The van der Waals surface area contributed by atoms with Crippen molar-refractivity contribution in [2.75, 3.05) is 4.90 Å². The largest absolute Gasteiger partial charge is 0.295 e. The highest BCUT2D eigenvalue weighted by molar-refractivity contribution is 9.10. The number of hydrogen-bond acceptors (Lipinski definition) is 2. The second kappa shape index (κ2) is 6.29. The Morgan fingerprint density at radius 1 is 0.810 bits per heavy atom. The lowest BCUT2D eigenvalue weighted by Gasteiger charge is -2.24. The summed E-state index contributed by atoms with van der Waals surface area (Å²) in [4.78, 5) is 6.62. The lowest BCUT2D eigenvalue weighted by atomic mass is 10.2. The molecule has 0 fully saturated rings. The average molecular weight is 360 g/mol. The molecule has 3 rings (SSSR count). The lowest BCUT2D eigenvalue weighted by molar-refractivity contribution is 1.16. The van der Waals surface area contributed by atoms with Crippen LogP contribution in [-0.2, 0) is 0 Å². The summed E-state index contributed by atoms with van der Waals surface area (Å²) in [5.41, 5.74) is 2.00. The number of aromatic nitrogens is 1. The summed E-state index contributed by atoms with van der Waals surface area (Å²) in [5.74, 6) is 0.831. The van der Waals surface area contributed by atoms with Gasteiger partial charge in [0.2, 0.25) is 0 Å². The molecule has 0 amide bonds. The van der Waals surface area contributed by atoms with E-state index in [4.69, 9.17) is 11.6 Å². The smallest absolute Gasteiger partial charge is 0.138 e. The highest BCUT2D eigenvalue weighted by atomic mass is 79.9. The molecule has 0 bridgehead atoms. The van der Waals surface area contributed by atoms with Gasteiger partial charge >= 0.3 is 0 Å².